The van der Waals surface area contributed by atoms with E-state index in [0.29, 0.717) is 6.54 Å². The fraction of sp³-hybridized carbons (Fsp3) is 0.786. The molecule has 2 rings (SSSR count). The lowest BCUT2D eigenvalue weighted by atomic mass is 10.0. The average Bonchev–Trinajstić information content (AvgIpc) is 2.86. The Bertz CT molecular complexity index is 541. The summed E-state index contributed by atoms with van der Waals surface area (Å²) in [7, 11) is -1.69. The van der Waals surface area contributed by atoms with Gasteiger partial charge in [-0.25, -0.2) is 13.1 Å². The van der Waals surface area contributed by atoms with E-state index < -0.39 is 10.0 Å². The number of likely N-dealkylation sites (tertiary alicyclic amines) is 1. The van der Waals surface area contributed by atoms with E-state index in [1.165, 1.54) is 43.0 Å². The van der Waals surface area contributed by atoms with E-state index in [1.54, 1.807) is 7.05 Å². The molecule has 1 aliphatic heterocycles. The molecule has 0 radical (unpaired) electrons. The maximum Gasteiger partial charge on any atom is 0.243 e. The van der Waals surface area contributed by atoms with Crippen LogP contribution in [-0.4, -0.2) is 49.3 Å². The van der Waals surface area contributed by atoms with Crippen molar-refractivity contribution in [1.29, 1.82) is 0 Å². The first-order valence-corrected chi connectivity index (χ1v) is 9.16. The van der Waals surface area contributed by atoms with Gasteiger partial charge >= 0.3 is 0 Å². The molecule has 6 nitrogen and oxygen atoms in total. The number of piperidine rings is 1. The molecule has 21 heavy (non-hydrogen) atoms. The molecule has 0 spiro atoms. The highest BCUT2D eigenvalue weighted by molar-refractivity contribution is 7.89. The van der Waals surface area contributed by atoms with Crippen LogP contribution in [-0.2, 0) is 17.1 Å². The van der Waals surface area contributed by atoms with Crippen LogP contribution >= 0.6 is 0 Å². The van der Waals surface area contributed by atoms with E-state index in [1.807, 2.05) is 0 Å². The number of nitrogens with zero attached hydrogens (tertiary/aromatic N) is 3. The van der Waals surface area contributed by atoms with Crippen molar-refractivity contribution in [3.8, 4) is 0 Å². The number of aromatic nitrogens is 2. The Hall–Kier alpha value is -0.920. The lowest BCUT2D eigenvalue weighted by Crippen LogP contribution is -2.35. The van der Waals surface area contributed by atoms with Crippen molar-refractivity contribution in [1.82, 2.24) is 19.4 Å². The summed E-state index contributed by atoms with van der Waals surface area (Å²) in [5.41, 5.74) is 0. The van der Waals surface area contributed by atoms with Crippen LogP contribution in [0.1, 0.15) is 32.6 Å². The van der Waals surface area contributed by atoms with Crippen LogP contribution in [0, 0.1) is 5.92 Å². The predicted molar refractivity (Wildman–Crippen MR) is 82.5 cm³/mol. The first-order valence-electron chi connectivity index (χ1n) is 7.68. The van der Waals surface area contributed by atoms with Crippen molar-refractivity contribution < 1.29 is 8.42 Å². The Morgan fingerprint density at radius 1 is 1.43 bits per heavy atom. The van der Waals surface area contributed by atoms with Crippen LogP contribution in [0.15, 0.2) is 17.3 Å². The molecule has 1 aromatic heterocycles. The molecule has 0 bridgehead atoms. The second-order valence-electron chi connectivity index (χ2n) is 6.00. The highest BCUT2D eigenvalue weighted by atomic mass is 32.2. The topological polar surface area (TPSA) is 67.2 Å². The second-order valence-corrected chi connectivity index (χ2v) is 7.77. The lowest BCUT2D eigenvalue weighted by Gasteiger charge is -2.30. The molecule has 1 atom stereocenters. The third-order valence-corrected chi connectivity index (χ3v) is 5.34. The van der Waals surface area contributed by atoms with E-state index in [2.05, 4.69) is 21.6 Å². The summed E-state index contributed by atoms with van der Waals surface area (Å²) in [5, 5.41) is 3.89. The minimum absolute atomic E-state index is 0.231. The number of hydrogen-bond donors (Lipinski definition) is 1. The lowest BCUT2D eigenvalue weighted by molar-refractivity contribution is 0.181. The molecule has 1 N–H and O–H groups in total. The van der Waals surface area contributed by atoms with Gasteiger partial charge in [-0.05, 0) is 44.7 Å². The number of hydrogen-bond acceptors (Lipinski definition) is 4. The van der Waals surface area contributed by atoms with Gasteiger partial charge in [0.15, 0.2) is 0 Å². The smallest absolute Gasteiger partial charge is 0.243 e. The summed E-state index contributed by atoms with van der Waals surface area (Å²) in [6, 6.07) is 0. The van der Waals surface area contributed by atoms with Crippen molar-refractivity contribution in [3.05, 3.63) is 12.4 Å². The highest BCUT2D eigenvalue weighted by Gasteiger charge is 2.17. The maximum atomic E-state index is 12.0. The van der Waals surface area contributed by atoms with Gasteiger partial charge in [-0.1, -0.05) is 6.92 Å². The van der Waals surface area contributed by atoms with Crippen LogP contribution in [0.5, 0.6) is 0 Å². The SMILES string of the molecule is CC1CCCN(CCCCNS(=O)(=O)c2cnn(C)c2)C1. The highest BCUT2D eigenvalue weighted by Crippen LogP contribution is 2.15. The third-order valence-electron chi connectivity index (χ3n) is 3.93. The molecule has 1 saturated heterocycles. The largest absolute Gasteiger partial charge is 0.303 e. The molecule has 7 heteroatoms. The average molecular weight is 314 g/mol. The van der Waals surface area contributed by atoms with Crippen molar-refractivity contribution >= 4 is 10.0 Å². The van der Waals surface area contributed by atoms with Gasteiger partial charge in [-0.15, -0.1) is 0 Å². The van der Waals surface area contributed by atoms with Gasteiger partial charge in [0.05, 0.1) is 6.20 Å². The molecular weight excluding hydrogens is 288 g/mol. The molecular formula is C14H26N4O2S. The number of rotatable bonds is 7. The van der Waals surface area contributed by atoms with Crippen LogP contribution < -0.4 is 4.72 Å². The van der Waals surface area contributed by atoms with Gasteiger partial charge in [0, 0.05) is 26.3 Å². The van der Waals surface area contributed by atoms with Gasteiger partial charge < -0.3 is 4.90 Å². The summed E-state index contributed by atoms with van der Waals surface area (Å²) in [6.07, 6.45) is 7.40. The van der Waals surface area contributed by atoms with E-state index in [0.717, 1.165) is 25.3 Å². The zero-order valence-electron chi connectivity index (χ0n) is 13.0. The van der Waals surface area contributed by atoms with Gasteiger partial charge in [0.25, 0.3) is 0 Å². The summed E-state index contributed by atoms with van der Waals surface area (Å²) < 4.78 is 28.1. The number of sulfonamides is 1. The summed E-state index contributed by atoms with van der Waals surface area (Å²) in [6.45, 7) is 6.22. The fourth-order valence-corrected chi connectivity index (χ4v) is 3.83. The Labute approximate surface area is 127 Å². The normalized spacial score (nSPS) is 20.8. The van der Waals surface area contributed by atoms with Crippen molar-refractivity contribution in [3.63, 3.8) is 0 Å². The zero-order chi connectivity index (χ0) is 15.3. The van der Waals surface area contributed by atoms with Gasteiger partial charge in [-0.3, -0.25) is 4.68 Å². The molecule has 0 saturated carbocycles. The Morgan fingerprint density at radius 3 is 2.90 bits per heavy atom. The van der Waals surface area contributed by atoms with Crippen molar-refractivity contribution in [2.45, 2.75) is 37.5 Å². The fourth-order valence-electron chi connectivity index (χ4n) is 2.78. The summed E-state index contributed by atoms with van der Waals surface area (Å²) in [5.74, 6) is 0.794. The minimum atomic E-state index is -3.40. The van der Waals surface area contributed by atoms with Crippen molar-refractivity contribution in [2.24, 2.45) is 13.0 Å². The first kappa shape index (κ1) is 16.5. The first-order chi connectivity index (χ1) is 9.97. The standard InChI is InChI=1S/C14H26N4O2S/c1-13-6-5-9-18(11-13)8-4-3-7-16-21(19,20)14-10-15-17(2)12-14/h10,12-13,16H,3-9,11H2,1-2H3. The van der Waals surface area contributed by atoms with Crippen LogP contribution in [0.2, 0.25) is 0 Å². The van der Waals surface area contributed by atoms with Crippen LogP contribution in [0.3, 0.4) is 0 Å². The molecule has 120 valence electrons. The van der Waals surface area contributed by atoms with Gasteiger partial charge in [0.1, 0.15) is 4.90 Å². The van der Waals surface area contributed by atoms with E-state index in [9.17, 15) is 8.42 Å². The third kappa shape index (κ3) is 5.09. The predicted octanol–water partition coefficient (Wildman–Crippen LogP) is 1.21. The molecule has 1 aliphatic rings. The quantitative estimate of drug-likeness (QED) is 0.768. The molecule has 2 heterocycles. The molecule has 1 fully saturated rings. The summed E-state index contributed by atoms with van der Waals surface area (Å²) in [4.78, 5) is 2.72. The van der Waals surface area contributed by atoms with Crippen LogP contribution in [0.4, 0.5) is 0 Å². The van der Waals surface area contributed by atoms with Gasteiger partial charge in [-0.2, -0.15) is 5.10 Å². The second kappa shape index (κ2) is 7.38. The van der Waals surface area contributed by atoms with E-state index in [4.69, 9.17) is 0 Å². The maximum absolute atomic E-state index is 12.0. The molecule has 0 aromatic carbocycles. The molecule has 1 aromatic rings. The summed E-state index contributed by atoms with van der Waals surface area (Å²) >= 11 is 0. The van der Waals surface area contributed by atoms with E-state index >= 15 is 0 Å². The van der Waals surface area contributed by atoms with Gasteiger partial charge in [0.2, 0.25) is 10.0 Å². The van der Waals surface area contributed by atoms with E-state index in [-0.39, 0.29) is 4.90 Å². The Balaban J connectivity index is 1.65. The Morgan fingerprint density at radius 2 is 2.24 bits per heavy atom. The molecule has 0 amide bonds. The molecule has 1 unspecified atom stereocenters. The Kier molecular flexibility index (Phi) is 5.78. The number of aryl methyl sites for hydroxylation is 1. The van der Waals surface area contributed by atoms with Crippen LogP contribution in [0.25, 0.3) is 0 Å². The monoisotopic (exact) mass is 314 g/mol. The number of unbranched alkanes of at least 4 members (excludes halogenated alkanes) is 1. The molecule has 0 aliphatic carbocycles. The van der Waals surface area contributed by atoms with Crippen molar-refractivity contribution in [2.75, 3.05) is 26.2 Å². The minimum Gasteiger partial charge on any atom is -0.303 e. The number of nitrogens with one attached hydrogen (secondary N) is 1. The zero-order valence-corrected chi connectivity index (χ0v) is 13.8.